The van der Waals surface area contributed by atoms with Crippen molar-refractivity contribution in [3.8, 4) is 11.5 Å². The van der Waals surface area contributed by atoms with E-state index in [0.29, 0.717) is 6.42 Å². The molecule has 0 aromatic heterocycles. The zero-order valence-corrected chi connectivity index (χ0v) is 16.7. The third-order valence-corrected chi connectivity index (χ3v) is 5.63. The summed E-state index contributed by atoms with van der Waals surface area (Å²) in [6.07, 6.45) is 1.26. The highest BCUT2D eigenvalue weighted by molar-refractivity contribution is 8.14. The lowest BCUT2D eigenvalue weighted by molar-refractivity contribution is -0.127. The molecule has 1 atom stereocenters. The second kappa shape index (κ2) is 8.95. The molecule has 0 saturated carbocycles. The highest BCUT2D eigenvalue weighted by Crippen LogP contribution is 2.30. The number of nitrogens with zero attached hydrogens (tertiary/aromatic N) is 2. The molecule has 1 heterocycles. The number of methoxy groups -OCH3 is 2. The molecule has 3 rings (SSSR count). The third kappa shape index (κ3) is 4.63. The van der Waals surface area contributed by atoms with Gasteiger partial charge in [-0.1, -0.05) is 30.8 Å². The summed E-state index contributed by atoms with van der Waals surface area (Å²) in [6, 6.07) is 15.4. The van der Waals surface area contributed by atoms with Gasteiger partial charge in [-0.05, 0) is 48.4 Å². The summed E-state index contributed by atoms with van der Waals surface area (Å²) >= 11 is 1.64. The first-order chi connectivity index (χ1) is 13.1. The Labute approximate surface area is 164 Å². The molecule has 1 saturated heterocycles. The van der Waals surface area contributed by atoms with Crippen LogP contribution in [-0.4, -0.2) is 42.0 Å². The van der Waals surface area contributed by atoms with Crippen LogP contribution in [0.15, 0.2) is 53.5 Å². The summed E-state index contributed by atoms with van der Waals surface area (Å²) < 4.78 is 10.4. The average molecular weight is 385 g/mol. The highest BCUT2D eigenvalue weighted by Gasteiger charge is 2.33. The second-order valence-electron chi connectivity index (χ2n) is 6.25. The second-order valence-corrected chi connectivity index (χ2v) is 7.24. The molecule has 0 spiro atoms. The van der Waals surface area contributed by atoms with Crippen LogP contribution in [0.3, 0.4) is 0 Å². The van der Waals surface area contributed by atoms with Crippen molar-refractivity contribution in [3.05, 3.63) is 54.1 Å². The van der Waals surface area contributed by atoms with Gasteiger partial charge >= 0.3 is 0 Å². The first kappa shape index (κ1) is 19.3. The van der Waals surface area contributed by atoms with E-state index in [0.717, 1.165) is 40.1 Å². The van der Waals surface area contributed by atoms with Crippen molar-refractivity contribution in [1.82, 2.24) is 4.90 Å². The van der Waals surface area contributed by atoms with Crippen LogP contribution in [0, 0.1) is 0 Å². The van der Waals surface area contributed by atoms with Crippen LogP contribution < -0.4 is 9.47 Å². The predicted octanol–water partition coefficient (Wildman–Crippen LogP) is 4.29. The minimum absolute atomic E-state index is 0.0734. The number of thioether (sulfide) groups is 1. The van der Waals surface area contributed by atoms with Gasteiger partial charge in [-0.15, -0.1) is 0 Å². The number of hydrogen-bond donors (Lipinski definition) is 0. The maximum Gasteiger partial charge on any atom is 0.233 e. The van der Waals surface area contributed by atoms with Gasteiger partial charge in [0.05, 0.1) is 26.3 Å². The van der Waals surface area contributed by atoms with E-state index in [1.807, 2.05) is 53.4 Å². The summed E-state index contributed by atoms with van der Waals surface area (Å²) in [4.78, 5) is 19.6. The SMILES string of the molecule is CC[C@H]1CSC(=Nc2ccc(OC)cc2)N1C(=O)Cc1ccc(OC)cc1. The molecule has 2 aromatic carbocycles. The fraction of sp³-hybridized carbons (Fsp3) is 0.333. The van der Waals surface area contributed by atoms with Gasteiger partial charge in [0, 0.05) is 11.8 Å². The van der Waals surface area contributed by atoms with Crippen LogP contribution in [-0.2, 0) is 11.2 Å². The molecule has 0 bridgehead atoms. The molecular weight excluding hydrogens is 360 g/mol. The van der Waals surface area contributed by atoms with E-state index in [1.165, 1.54) is 0 Å². The Kier molecular flexibility index (Phi) is 6.40. The van der Waals surface area contributed by atoms with Gasteiger partial charge in [-0.25, -0.2) is 4.99 Å². The fourth-order valence-electron chi connectivity index (χ4n) is 2.94. The quantitative estimate of drug-likeness (QED) is 0.746. The van der Waals surface area contributed by atoms with Crippen molar-refractivity contribution < 1.29 is 14.3 Å². The number of rotatable bonds is 6. The van der Waals surface area contributed by atoms with E-state index in [2.05, 4.69) is 6.92 Å². The zero-order chi connectivity index (χ0) is 19.2. The van der Waals surface area contributed by atoms with Crippen molar-refractivity contribution in [3.63, 3.8) is 0 Å². The molecule has 1 aliphatic rings. The van der Waals surface area contributed by atoms with E-state index >= 15 is 0 Å². The molecule has 1 amide bonds. The lowest BCUT2D eigenvalue weighted by Crippen LogP contribution is -2.39. The minimum Gasteiger partial charge on any atom is -0.497 e. The van der Waals surface area contributed by atoms with E-state index in [-0.39, 0.29) is 11.9 Å². The number of carbonyl (C=O) groups excluding carboxylic acids is 1. The number of carbonyl (C=O) groups is 1. The number of benzene rings is 2. The van der Waals surface area contributed by atoms with E-state index in [9.17, 15) is 4.79 Å². The van der Waals surface area contributed by atoms with Gasteiger partial charge in [-0.2, -0.15) is 0 Å². The van der Waals surface area contributed by atoms with E-state index in [1.54, 1.807) is 26.0 Å². The van der Waals surface area contributed by atoms with Gasteiger partial charge in [0.25, 0.3) is 0 Å². The Morgan fingerprint density at radius 2 is 1.67 bits per heavy atom. The minimum atomic E-state index is 0.0734. The van der Waals surface area contributed by atoms with Crippen LogP contribution in [0.5, 0.6) is 11.5 Å². The molecule has 27 heavy (non-hydrogen) atoms. The third-order valence-electron chi connectivity index (χ3n) is 4.53. The Morgan fingerprint density at radius 3 is 2.22 bits per heavy atom. The Hall–Kier alpha value is -2.47. The van der Waals surface area contributed by atoms with Gasteiger partial charge in [0.1, 0.15) is 11.5 Å². The maximum atomic E-state index is 13.0. The number of ether oxygens (including phenoxy) is 2. The largest absolute Gasteiger partial charge is 0.497 e. The molecular formula is C21H24N2O3S. The molecule has 0 radical (unpaired) electrons. The lowest BCUT2D eigenvalue weighted by Gasteiger charge is -2.23. The van der Waals surface area contributed by atoms with Gasteiger partial charge in [0.15, 0.2) is 5.17 Å². The zero-order valence-electron chi connectivity index (χ0n) is 15.8. The molecule has 0 N–H and O–H groups in total. The molecule has 6 heteroatoms. The number of aliphatic imine (C=N–C) groups is 1. The summed E-state index contributed by atoms with van der Waals surface area (Å²) in [5.74, 6) is 2.53. The summed E-state index contributed by atoms with van der Waals surface area (Å²) in [7, 11) is 3.27. The fourth-order valence-corrected chi connectivity index (χ4v) is 4.22. The Balaban J connectivity index is 1.79. The van der Waals surface area contributed by atoms with E-state index in [4.69, 9.17) is 14.5 Å². The summed E-state index contributed by atoms with van der Waals surface area (Å²) in [5.41, 5.74) is 1.79. The van der Waals surface area contributed by atoms with Gasteiger partial charge in [0.2, 0.25) is 5.91 Å². The first-order valence-corrected chi connectivity index (χ1v) is 9.93. The molecule has 5 nitrogen and oxygen atoms in total. The number of amidine groups is 1. The maximum absolute atomic E-state index is 13.0. The van der Waals surface area contributed by atoms with Crippen LogP contribution in [0.25, 0.3) is 0 Å². The molecule has 2 aromatic rings. The van der Waals surface area contributed by atoms with Crippen LogP contribution >= 0.6 is 11.8 Å². The summed E-state index contributed by atoms with van der Waals surface area (Å²) in [6.45, 7) is 2.11. The monoisotopic (exact) mass is 384 g/mol. The molecule has 1 aliphatic heterocycles. The number of amides is 1. The van der Waals surface area contributed by atoms with E-state index < -0.39 is 0 Å². The standard InChI is InChI=1S/C21H24N2O3S/c1-4-17-14-27-21(22-16-7-11-19(26-3)12-8-16)23(17)20(24)13-15-5-9-18(25-2)10-6-15/h5-12,17H,4,13-14H2,1-3H3/t17-/m0/s1. The summed E-state index contributed by atoms with van der Waals surface area (Å²) in [5, 5.41) is 0.769. The first-order valence-electron chi connectivity index (χ1n) is 8.95. The van der Waals surface area contributed by atoms with Gasteiger partial charge < -0.3 is 9.47 Å². The topological polar surface area (TPSA) is 51.1 Å². The number of hydrogen-bond acceptors (Lipinski definition) is 5. The lowest BCUT2D eigenvalue weighted by atomic mass is 10.1. The van der Waals surface area contributed by atoms with Crippen LogP contribution in [0.1, 0.15) is 18.9 Å². The Bertz CT molecular complexity index is 803. The molecule has 0 aliphatic carbocycles. The normalized spacial score (nSPS) is 18.0. The van der Waals surface area contributed by atoms with Crippen molar-refractivity contribution in [2.24, 2.45) is 4.99 Å². The smallest absolute Gasteiger partial charge is 0.233 e. The average Bonchev–Trinajstić information content (AvgIpc) is 3.12. The Morgan fingerprint density at radius 1 is 1.07 bits per heavy atom. The van der Waals surface area contributed by atoms with Crippen LogP contribution in [0.4, 0.5) is 5.69 Å². The molecule has 0 unspecified atom stereocenters. The van der Waals surface area contributed by atoms with Crippen molar-refractivity contribution >= 4 is 28.5 Å². The van der Waals surface area contributed by atoms with Crippen molar-refractivity contribution in [2.45, 2.75) is 25.8 Å². The molecule has 1 fully saturated rings. The van der Waals surface area contributed by atoms with Crippen molar-refractivity contribution in [2.75, 3.05) is 20.0 Å². The van der Waals surface area contributed by atoms with Crippen molar-refractivity contribution in [1.29, 1.82) is 0 Å². The predicted molar refractivity (Wildman–Crippen MR) is 110 cm³/mol. The highest BCUT2D eigenvalue weighted by atomic mass is 32.2. The van der Waals surface area contributed by atoms with Gasteiger partial charge in [-0.3, -0.25) is 9.69 Å². The molecule has 142 valence electrons. The van der Waals surface area contributed by atoms with Crippen LogP contribution in [0.2, 0.25) is 0 Å².